The number of fused-ring (bicyclic) bond motifs is 2. The van der Waals surface area contributed by atoms with Crippen molar-refractivity contribution < 1.29 is 75.1 Å². The van der Waals surface area contributed by atoms with Gasteiger partial charge >= 0.3 is 18.3 Å². The van der Waals surface area contributed by atoms with Gasteiger partial charge in [-0.25, -0.2) is 29.9 Å². The summed E-state index contributed by atoms with van der Waals surface area (Å²) >= 11 is 6.70. The lowest BCUT2D eigenvalue weighted by atomic mass is 9.93. The van der Waals surface area contributed by atoms with Crippen molar-refractivity contribution in [3.05, 3.63) is 93.0 Å². The van der Waals surface area contributed by atoms with Crippen molar-refractivity contribution >= 4 is 60.1 Å². The van der Waals surface area contributed by atoms with Crippen LogP contribution in [0.25, 0.3) is 22.0 Å². The van der Waals surface area contributed by atoms with Crippen LogP contribution in [-0.4, -0.2) is 108 Å². The molecule has 1 aliphatic carbocycles. The summed E-state index contributed by atoms with van der Waals surface area (Å²) in [6.45, 7) is 2.14. The van der Waals surface area contributed by atoms with Crippen LogP contribution in [0.4, 0.5) is 49.7 Å². The van der Waals surface area contributed by atoms with E-state index in [4.69, 9.17) is 21.3 Å². The van der Waals surface area contributed by atoms with Crippen molar-refractivity contribution in [3.8, 4) is 11.1 Å². The van der Waals surface area contributed by atoms with Gasteiger partial charge in [-0.05, 0) is 89.9 Å². The highest BCUT2D eigenvalue weighted by Gasteiger charge is 2.57. The van der Waals surface area contributed by atoms with E-state index in [0.717, 1.165) is 38.3 Å². The van der Waals surface area contributed by atoms with E-state index < -0.39 is 150 Å². The average molecular weight is 1120 g/mol. The average Bonchev–Trinajstić information content (AvgIpc) is 3.87. The van der Waals surface area contributed by atoms with E-state index in [0.29, 0.717) is 21.3 Å². The highest BCUT2D eigenvalue weighted by molar-refractivity contribution is 7.92. The molecule has 406 valence electrons. The molecule has 1 aliphatic rings. The molecule has 0 radical (unpaired) electrons. The summed E-state index contributed by atoms with van der Waals surface area (Å²) in [5.41, 5.74) is -5.15. The van der Waals surface area contributed by atoms with Crippen LogP contribution < -0.4 is 9.62 Å². The molecule has 0 bridgehead atoms. The van der Waals surface area contributed by atoms with Gasteiger partial charge in [0.1, 0.15) is 36.5 Å². The van der Waals surface area contributed by atoms with Crippen LogP contribution in [0, 0.1) is 17.6 Å². The van der Waals surface area contributed by atoms with Crippen LogP contribution in [0.2, 0.25) is 5.02 Å². The van der Waals surface area contributed by atoms with E-state index in [1.807, 2.05) is 0 Å². The lowest BCUT2D eigenvalue weighted by Crippen LogP contribution is -2.39. The number of sulfonamides is 1. The minimum Gasteiger partial charge on any atom is -0.442 e. The standard InChI is InChI=1S/C46H51ClF10N8O7S2/c1-23-24(2)45(53,54)40-35(23)39(46(55,56)57)60-63(40)20-34(66)59-33(18-26-16-27(48)19-28(49)17-26)37-30(11-10-29(58-37)14-15-43(4,5)73(8,68)69)31-12-13-32(47)36-38(31)64(21-44(50,51)52)61-41(36)65(74(9,70)71)22-72-42(67)25(3)62(6)7/h10-13,16-17,19,23-25,33H,14-15,18,20-22H2,1-9H3,(H,59,66)/t23-,24+,25-,33-/m0/s1. The number of anilines is 1. The van der Waals surface area contributed by atoms with Crippen molar-refractivity contribution in [1.29, 1.82) is 0 Å². The third-order valence-corrected chi connectivity index (χ3v) is 16.8. The zero-order chi connectivity index (χ0) is 55.6. The topological polar surface area (TPSA) is 179 Å². The fourth-order valence-electron chi connectivity index (χ4n) is 8.39. The van der Waals surface area contributed by atoms with E-state index in [1.54, 1.807) is 0 Å². The van der Waals surface area contributed by atoms with Crippen LogP contribution in [0.5, 0.6) is 0 Å². The first kappa shape index (κ1) is 57.7. The molecule has 15 nitrogen and oxygen atoms in total. The van der Waals surface area contributed by atoms with E-state index in [2.05, 4.69) is 15.5 Å². The second kappa shape index (κ2) is 20.5. The van der Waals surface area contributed by atoms with Crippen molar-refractivity contribution in [2.24, 2.45) is 5.92 Å². The molecule has 3 heterocycles. The SMILES string of the molecule is C[C@@H]1c2c(C(F)(F)F)nn(CC(=O)N[C@@H](Cc3cc(F)cc(F)c3)c3nc(CCC(C)(C)S(C)(=O)=O)ccc3-c3ccc(Cl)c4c(N(COC(=O)[C@H](C)N(C)C)S(C)(=O)=O)nn(CC(F)(F)F)c34)c2C(F)(F)[C@@H]1C. The van der Waals surface area contributed by atoms with Crippen LogP contribution in [0.15, 0.2) is 42.5 Å². The summed E-state index contributed by atoms with van der Waals surface area (Å²) in [6, 6.07) is 4.49. The number of sulfone groups is 1. The number of aryl methyl sites for hydroxylation is 1. The maximum atomic E-state index is 15.8. The third kappa shape index (κ3) is 12.1. The van der Waals surface area contributed by atoms with Gasteiger partial charge in [0.15, 0.2) is 28.1 Å². The zero-order valence-corrected chi connectivity index (χ0v) is 43.4. The van der Waals surface area contributed by atoms with E-state index >= 15 is 8.78 Å². The van der Waals surface area contributed by atoms with Crippen molar-refractivity contribution in [1.82, 2.24) is 34.8 Å². The number of nitrogens with one attached hydrogen (secondary N) is 1. The van der Waals surface area contributed by atoms with Gasteiger partial charge in [-0.1, -0.05) is 37.6 Å². The number of pyridine rings is 1. The summed E-state index contributed by atoms with van der Waals surface area (Å²) < 4.78 is 205. The van der Waals surface area contributed by atoms with Gasteiger partial charge in [0.25, 0.3) is 5.92 Å². The maximum Gasteiger partial charge on any atom is 0.435 e. The lowest BCUT2D eigenvalue weighted by Gasteiger charge is -2.25. The first-order chi connectivity index (χ1) is 33.8. The summed E-state index contributed by atoms with van der Waals surface area (Å²) in [4.78, 5) is 33.3. The minimum atomic E-state index is -5.25. The molecule has 0 saturated carbocycles. The zero-order valence-electron chi connectivity index (χ0n) is 41.1. The quantitative estimate of drug-likeness (QED) is 0.0504. The Kier molecular flexibility index (Phi) is 16.0. The van der Waals surface area contributed by atoms with Gasteiger partial charge in [-0.2, -0.15) is 45.3 Å². The fraction of sp³-hybridized carbons (Fsp3) is 0.500. The normalized spacial score (nSPS) is 17.1. The van der Waals surface area contributed by atoms with Crippen LogP contribution in [0.1, 0.15) is 86.9 Å². The molecule has 6 rings (SSSR count). The Morgan fingerprint density at radius 3 is 2.08 bits per heavy atom. The number of likely N-dealkylation sites (N-methyl/N-ethyl adjacent to an activating group) is 1. The second-order valence-electron chi connectivity index (χ2n) is 19.1. The second-order valence-corrected chi connectivity index (χ2v) is 24.1. The smallest absolute Gasteiger partial charge is 0.435 e. The highest BCUT2D eigenvalue weighted by Crippen LogP contribution is 2.55. The van der Waals surface area contributed by atoms with Gasteiger partial charge in [0.2, 0.25) is 15.9 Å². The molecule has 5 aromatic rings. The summed E-state index contributed by atoms with van der Waals surface area (Å²) in [7, 11) is -5.28. The number of alkyl halides is 8. The lowest BCUT2D eigenvalue weighted by molar-refractivity contribution is -0.148. The molecule has 0 fully saturated rings. The van der Waals surface area contributed by atoms with Crippen molar-refractivity contribution in [3.63, 3.8) is 0 Å². The van der Waals surface area contributed by atoms with Gasteiger partial charge in [-0.15, -0.1) is 0 Å². The molecular weight excluding hydrogens is 1070 g/mol. The van der Waals surface area contributed by atoms with Gasteiger partial charge in [0, 0.05) is 40.6 Å². The molecular formula is C46H51ClF10N8O7S2. The first-order valence-electron chi connectivity index (χ1n) is 22.4. The largest absolute Gasteiger partial charge is 0.442 e. The van der Waals surface area contributed by atoms with Gasteiger partial charge in [0.05, 0.1) is 38.7 Å². The van der Waals surface area contributed by atoms with E-state index in [-0.39, 0.29) is 50.6 Å². The Labute approximate surface area is 424 Å². The summed E-state index contributed by atoms with van der Waals surface area (Å²) in [6.07, 6.45) is -9.59. The molecule has 74 heavy (non-hydrogen) atoms. The van der Waals surface area contributed by atoms with Crippen molar-refractivity contribution in [2.45, 2.75) is 108 Å². The number of rotatable bonds is 18. The summed E-state index contributed by atoms with van der Waals surface area (Å²) in [5, 5.41) is 9.11. The van der Waals surface area contributed by atoms with Gasteiger partial charge < -0.3 is 10.1 Å². The first-order valence-corrected chi connectivity index (χ1v) is 26.5. The third-order valence-electron chi connectivity index (χ3n) is 13.2. The number of hydrogen-bond acceptors (Lipinski definition) is 11. The molecule has 0 unspecified atom stereocenters. The number of halogens is 11. The molecule has 2 aromatic carbocycles. The predicted octanol–water partition coefficient (Wildman–Crippen LogP) is 8.73. The number of amides is 1. The number of esters is 1. The van der Waals surface area contributed by atoms with Crippen LogP contribution >= 0.6 is 11.6 Å². The predicted molar refractivity (Wildman–Crippen MR) is 252 cm³/mol. The molecule has 0 saturated heterocycles. The Bertz CT molecular complexity index is 3200. The highest BCUT2D eigenvalue weighted by atomic mass is 35.5. The molecule has 4 atom stereocenters. The molecule has 0 spiro atoms. The molecule has 1 N–H and O–H groups in total. The Hall–Kier alpha value is -5.54. The Morgan fingerprint density at radius 2 is 1.53 bits per heavy atom. The van der Waals surface area contributed by atoms with Crippen molar-refractivity contribution in [2.75, 3.05) is 37.6 Å². The number of benzene rings is 2. The monoisotopic (exact) mass is 1120 g/mol. The maximum absolute atomic E-state index is 15.8. The minimum absolute atomic E-state index is 0.0687. The molecule has 0 aliphatic heterocycles. The van der Waals surface area contributed by atoms with Gasteiger partial charge in [-0.3, -0.25) is 28.8 Å². The Morgan fingerprint density at radius 1 is 0.919 bits per heavy atom. The van der Waals surface area contributed by atoms with E-state index in [9.17, 15) is 61.5 Å². The van der Waals surface area contributed by atoms with Crippen LogP contribution in [0.3, 0.4) is 0 Å². The molecule has 1 amide bonds. The number of carbonyl (C=O) groups is 2. The molecule has 3 aromatic heterocycles. The fourth-order valence-corrected chi connectivity index (χ4v) is 9.78. The summed E-state index contributed by atoms with van der Waals surface area (Å²) in [5.74, 6) is -12.2. The van der Waals surface area contributed by atoms with Crippen LogP contribution in [-0.2, 0) is 72.2 Å². The Balaban J connectivity index is 1.62. The number of aromatic nitrogens is 5. The molecule has 28 heteroatoms. The van der Waals surface area contributed by atoms with E-state index in [1.165, 1.54) is 58.0 Å². The number of nitrogens with zero attached hydrogens (tertiary/aromatic N) is 7. The number of ether oxygens (including phenoxy) is 1. The number of carbonyl (C=O) groups excluding carboxylic acids is 2. The number of hydrogen-bond donors (Lipinski definition) is 1.